The van der Waals surface area contributed by atoms with Crippen molar-refractivity contribution in [2.24, 2.45) is 0 Å². The molecule has 1 N–H and O–H groups in total. The summed E-state index contributed by atoms with van der Waals surface area (Å²) < 4.78 is 11.9. The molecule has 0 bridgehead atoms. The molecule has 31 heavy (non-hydrogen) atoms. The predicted molar refractivity (Wildman–Crippen MR) is 115 cm³/mol. The van der Waals surface area contributed by atoms with Gasteiger partial charge in [-0.25, -0.2) is 4.98 Å². The number of carbonyl (C=O) groups is 1. The van der Waals surface area contributed by atoms with Crippen LogP contribution in [0.4, 0.5) is 11.4 Å². The van der Waals surface area contributed by atoms with E-state index in [2.05, 4.69) is 10.3 Å². The minimum absolute atomic E-state index is 0.0568. The summed E-state index contributed by atoms with van der Waals surface area (Å²) in [5, 5.41) is 14.1. The van der Waals surface area contributed by atoms with Crippen LogP contribution in [0.1, 0.15) is 18.4 Å². The minimum atomic E-state index is -0.491. The third-order valence-corrected chi connectivity index (χ3v) is 4.82. The lowest BCUT2D eigenvalue weighted by Gasteiger charge is -2.11. The lowest BCUT2D eigenvalue weighted by molar-refractivity contribution is -0.385. The Morgan fingerprint density at radius 1 is 1.19 bits per heavy atom. The average Bonchev–Trinajstić information content (AvgIpc) is 2.75. The van der Waals surface area contributed by atoms with E-state index in [1.807, 2.05) is 0 Å². The number of methoxy groups -OCH3 is 2. The average molecular weight is 426 g/mol. The molecule has 0 spiro atoms. The maximum atomic E-state index is 12.8. The van der Waals surface area contributed by atoms with Crippen molar-refractivity contribution in [3.8, 4) is 11.5 Å². The monoisotopic (exact) mass is 426 g/mol. The van der Waals surface area contributed by atoms with Gasteiger partial charge in [0.2, 0.25) is 5.91 Å². The summed E-state index contributed by atoms with van der Waals surface area (Å²) in [6.45, 7) is 1.92. The van der Waals surface area contributed by atoms with Crippen molar-refractivity contribution in [2.45, 2.75) is 26.3 Å². The largest absolute Gasteiger partial charge is 0.493 e. The normalized spacial score (nSPS) is 10.7. The molecule has 10 nitrogen and oxygen atoms in total. The fourth-order valence-electron chi connectivity index (χ4n) is 3.16. The van der Waals surface area contributed by atoms with Crippen LogP contribution >= 0.6 is 0 Å². The van der Waals surface area contributed by atoms with E-state index in [-0.39, 0.29) is 30.1 Å². The molecule has 162 valence electrons. The van der Waals surface area contributed by atoms with Gasteiger partial charge in [0, 0.05) is 36.3 Å². The SMILES string of the molecule is COc1cc2ncn(CCCC(=O)Nc3ccc(C)c([N+](=O)[O-])c3)c(=O)c2cc1OC. The van der Waals surface area contributed by atoms with Crippen molar-refractivity contribution in [1.82, 2.24) is 9.55 Å². The van der Waals surface area contributed by atoms with Crippen molar-refractivity contribution >= 4 is 28.2 Å². The highest BCUT2D eigenvalue weighted by atomic mass is 16.6. The lowest BCUT2D eigenvalue weighted by Crippen LogP contribution is -2.22. The van der Waals surface area contributed by atoms with Gasteiger partial charge in [-0.2, -0.15) is 0 Å². The molecule has 0 fully saturated rings. The second-order valence-electron chi connectivity index (χ2n) is 6.88. The summed E-state index contributed by atoms with van der Waals surface area (Å²) in [4.78, 5) is 39.8. The van der Waals surface area contributed by atoms with Gasteiger partial charge < -0.3 is 14.8 Å². The Morgan fingerprint density at radius 3 is 2.58 bits per heavy atom. The van der Waals surface area contributed by atoms with E-state index in [1.54, 1.807) is 31.2 Å². The third-order valence-electron chi connectivity index (χ3n) is 4.82. The van der Waals surface area contributed by atoms with E-state index in [0.29, 0.717) is 40.1 Å². The van der Waals surface area contributed by atoms with Crippen LogP contribution in [0.25, 0.3) is 10.9 Å². The number of hydrogen-bond acceptors (Lipinski definition) is 7. The Balaban J connectivity index is 1.67. The minimum Gasteiger partial charge on any atom is -0.493 e. The number of amides is 1. The molecular weight excluding hydrogens is 404 g/mol. The lowest BCUT2D eigenvalue weighted by atomic mass is 10.2. The Kier molecular flexibility index (Phi) is 6.49. The van der Waals surface area contributed by atoms with Crippen LogP contribution in [-0.2, 0) is 11.3 Å². The van der Waals surface area contributed by atoms with Gasteiger partial charge in [-0.15, -0.1) is 0 Å². The molecule has 0 saturated heterocycles. The summed E-state index contributed by atoms with van der Waals surface area (Å²) >= 11 is 0. The molecule has 1 heterocycles. The number of nitrogens with one attached hydrogen (secondary N) is 1. The van der Waals surface area contributed by atoms with Crippen molar-refractivity contribution in [1.29, 1.82) is 0 Å². The first kappa shape index (κ1) is 21.8. The molecule has 0 unspecified atom stereocenters. The van der Waals surface area contributed by atoms with Crippen LogP contribution in [0.5, 0.6) is 11.5 Å². The van der Waals surface area contributed by atoms with Crippen LogP contribution in [-0.4, -0.2) is 34.6 Å². The smallest absolute Gasteiger partial charge is 0.274 e. The fraction of sp³-hybridized carbons (Fsp3) is 0.286. The number of fused-ring (bicyclic) bond motifs is 1. The van der Waals surface area contributed by atoms with Gasteiger partial charge >= 0.3 is 0 Å². The van der Waals surface area contributed by atoms with E-state index >= 15 is 0 Å². The molecule has 3 aromatic rings. The van der Waals surface area contributed by atoms with Crippen LogP contribution in [0.15, 0.2) is 41.5 Å². The maximum absolute atomic E-state index is 12.8. The number of anilines is 1. The van der Waals surface area contributed by atoms with Crippen molar-refractivity contribution in [2.75, 3.05) is 19.5 Å². The number of rotatable bonds is 8. The summed E-state index contributed by atoms with van der Waals surface area (Å²) in [7, 11) is 2.99. The first-order chi connectivity index (χ1) is 14.8. The number of ether oxygens (including phenoxy) is 2. The number of benzene rings is 2. The number of hydrogen-bond donors (Lipinski definition) is 1. The molecular formula is C21H22N4O6. The molecule has 0 saturated carbocycles. The quantitative estimate of drug-likeness (QED) is 0.433. The topological polar surface area (TPSA) is 126 Å². The Hall–Kier alpha value is -3.95. The van der Waals surface area contributed by atoms with Crippen molar-refractivity contribution < 1.29 is 19.2 Å². The van der Waals surface area contributed by atoms with Gasteiger partial charge in [-0.05, 0) is 25.5 Å². The number of nitro benzene ring substituents is 1. The zero-order valence-electron chi connectivity index (χ0n) is 17.4. The molecule has 0 aliphatic carbocycles. The highest BCUT2D eigenvalue weighted by Crippen LogP contribution is 2.29. The highest BCUT2D eigenvalue weighted by Gasteiger charge is 2.13. The van der Waals surface area contributed by atoms with Gasteiger partial charge in [0.1, 0.15) is 0 Å². The standard InChI is InChI=1S/C21H22N4O6/c1-13-6-7-14(9-17(13)25(28)29)23-20(26)5-4-8-24-12-22-16-11-19(31-3)18(30-2)10-15(16)21(24)27/h6-7,9-12H,4-5,8H2,1-3H3,(H,23,26). The van der Waals surface area contributed by atoms with E-state index in [9.17, 15) is 19.7 Å². The Labute approximate surface area is 177 Å². The van der Waals surface area contributed by atoms with Crippen LogP contribution < -0.4 is 20.3 Å². The van der Waals surface area contributed by atoms with E-state index in [1.165, 1.54) is 31.2 Å². The van der Waals surface area contributed by atoms with E-state index in [0.717, 1.165) is 0 Å². The first-order valence-electron chi connectivity index (χ1n) is 9.50. The molecule has 2 aromatic carbocycles. The number of carbonyl (C=O) groups excluding carboxylic acids is 1. The van der Waals surface area contributed by atoms with Gasteiger partial charge in [-0.3, -0.25) is 24.3 Å². The van der Waals surface area contributed by atoms with Gasteiger partial charge in [0.05, 0.1) is 36.4 Å². The van der Waals surface area contributed by atoms with Crippen LogP contribution in [0.3, 0.4) is 0 Å². The maximum Gasteiger partial charge on any atom is 0.274 e. The molecule has 3 rings (SSSR count). The van der Waals surface area contributed by atoms with E-state index in [4.69, 9.17) is 9.47 Å². The van der Waals surface area contributed by atoms with E-state index < -0.39 is 4.92 Å². The molecule has 1 aromatic heterocycles. The number of nitro groups is 1. The zero-order valence-corrected chi connectivity index (χ0v) is 17.4. The highest BCUT2D eigenvalue weighted by molar-refractivity contribution is 5.91. The second-order valence-corrected chi connectivity index (χ2v) is 6.88. The molecule has 1 amide bonds. The fourth-order valence-corrected chi connectivity index (χ4v) is 3.16. The summed E-state index contributed by atoms with van der Waals surface area (Å²) in [6.07, 6.45) is 1.95. The second kappa shape index (κ2) is 9.24. The Morgan fingerprint density at radius 2 is 1.90 bits per heavy atom. The van der Waals surface area contributed by atoms with Crippen LogP contribution in [0.2, 0.25) is 0 Å². The molecule has 0 radical (unpaired) electrons. The summed E-state index contributed by atoms with van der Waals surface area (Å²) in [6, 6.07) is 7.73. The third kappa shape index (κ3) is 4.80. The van der Waals surface area contributed by atoms with Crippen molar-refractivity contribution in [3.05, 3.63) is 62.7 Å². The molecule has 0 aliphatic rings. The number of aryl methyl sites for hydroxylation is 2. The molecule has 10 heteroatoms. The molecule has 0 atom stereocenters. The zero-order chi connectivity index (χ0) is 22.5. The number of aromatic nitrogens is 2. The Bertz CT molecular complexity index is 1200. The molecule has 0 aliphatic heterocycles. The van der Waals surface area contributed by atoms with Gasteiger partial charge in [0.15, 0.2) is 11.5 Å². The van der Waals surface area contributed by atoms with Gasteiger partial charge in [0.25, 0.3) is 11.2 Å². The van der Waals surface area contributed by atoms with Crippen LogP contribution in [0, 0.1) is 17.0 Å². The van der Waals surface area contributed by atoms with Crippen molar-refractivity contribution in [3.63, 3.8) is 0 Å². The van der Waals surface area contributed by atoms with Gasteiger partial charge in [-0.1, -0.05) is 6.07 Å². The predicted octanol–water partition coefficient (Wildman–Crippen LogP) is 3.05. The summed E-state index contributed by atoms with van der Waals surface area (Å²) in [5.41, 5.74) is 1.05. The first-order valence-corrected chi connectivity index (χ1v) is 9.50. The summed E-state index contributed by atoms with van der Waals surface area (Å²) in [5.74, 6) is 0.609. The number of nitrogens with zero attached hydrogens (tertiary/aromatic N) is 3.